The lowest BCUT2D eigenvalue weighted by Crippen LogP contribution is -2.53. The van der Waals surface area contributed by atoms with Crippen LogP contribution in [0.25, 0.3) is 0 Å². The Labute approximate surface area is 148 Å². The first-order valence-corrected chi connectivity index (χ1v) is 8.71. The quantitative estimate of drug-likeness (QED) is 0.898. The maximum absolute atomic E-state index is 12.5. The molecule has 0 unspecified atom stereocenters. The number of rotatable bonds is 5. The SMILES string of the molecule is CCc1nncn1CCNC(=O)N1CCO[C@@](C)(c2ccccc2)C1. The average Bonchev–Trinajstić information content (AvgIpc) is 3.10. The van der Waals surface area contributed by atoms with E-state index in [1.165, 1.54) is 0 Å². The lowest BCUT2D eigenvalue weighted by Gasteiger charge is -2.40. The van der Waals surface area contributed by atoms with Crippen LogP contribution in [0.15, 0.2) is 36.7 Å². The molecule has 3 rings (SSSR count). The number of hydrogen-bond donors (Lipinski definition) is 1. The zero-order valence-electron chi connectivity index (χ0n) is 14.8. The standard InChI is InChI=1S/C18H25N5O2/c1-3-16-21-20-14-23(16)10-9-19-17(24)22-11-12-25-18(2,13-22)15-7-5-4-6-8-15/h4-8,14H,3,9-13H2,1-2H3,(H,19,24)/t18-/m1/s1. The third-order valence-corrected chi connectivity index (χ3v) is 4.59. The Morgan fingerprint density at radius 2 is 2.16 bits per heavy atom. The first kappa shape index (κ1) is 17.4. The van der Waals surface area contributed by atoms with E-state index < -0.39 is 5.60 Å². The van der Waals surface area contributed by atoms with Gasteiger partial charge in [0.1, 0.15) is 17.8 Å². The molecule has 1 aliphatic rings. The summed E-state index contributed by atoms with van der Waals surface area (Å²) in [5.41, 5.74) is 0.616. The molecule has 0 aliphatic carbocycles. The number of ether oxygens (including phenoxy) is 1. The van der Waals surface area contributed by atoms with Gasteiger partial charge in [-0.1, -0.05) is 37.3 Å². The summed E-state index contributed by atoms with van der Waals surface area (Å²) >= 11 is 0. The van der Waals surface area contributed by atoms with Gasteiger partial charge in [-0.05, 0) is 12.5 Å². The molecule has 0 saturated carbocycles. The summed E-state index contributed by atoms with van der Waals surface area (Å²) in [5.74, 6) is 0.928. The van der Waals surface area contributed by atoms with Gasteiger partial charge in [-0.15, -0.1) is 10.2 Å². The van der Waals surface area contributed by atoms with Crippen LogP contribution in [0.2, 0.25) is 0 Å². The molecule has 25 heavy (non-hydrogen) atoms. The van der Waals surface area contributed by atoms with Crippen LogP contribution in [0.1, 0.15) is 25.2 Å². The minimum atomic E-state index is -0.472. The Kier molecular flexibility index (Phi) is 5.33. The number of nitrogens with one attached hydrogen (secondary N) is 1. The number of aryl methyl sites for hydroxylation is 1. The molecule has 0 spiro atoms. The van der Waals surface area contributed by atoms with Gasteiger partial charge in [-0.3, -0.25) is 0 Å². The predicted octanol–water partition coefficient (Wildman–Crippen LogP) is 1.80. The number of aromatic nitrogens is 3. The maximum atomic E-state index is 12.5. The fourth-order valence-electron chi connectivity index (χ4n) is 3.14. The van der Waals surface area contributed by atoms with E-state index in [1.807, 2.05) is 53.6 Å². The van der Waals surface area contributed by atoms with Gasteiger partial charge < -0.3 is 19.5 Å². The van der Waals surface area contributed by atoms with E-state index in [2.05, 4.69) is 15.5 Å². The minimum absolute atomic E-state index is 0.0587. The van der Waals surface area contributed by atoms with Crippen molar-refractivity contribution in [1.29, 1.82) is 0 Å². The van der Waals surface area contributed by atoms with E-state index in [9.17, 15) is 4.79 Å². The van der Waals surface area contributed by atoms with Gasteiger partial charge in [0.2, 0.25) is 0 Å². The van der Waals surface area contributed by atoms with Crippen LogP contribution in [0.5, 0.6) is 0 Å². The average molecular weight is 343 g/mol. The van der Waals surface area contributed by atoms with E-state index in [0.717, 1.165) is 17.8 Å². The third kappa shape index (κ3) is 3.99. The number of urea groups is 1. The predicted molar refractivity (Wildman–Crippen MR) is 94.1 cm³/mol. The first-order chi connectivity index (χ1) is 12.1. The summed E-state index contributed by atoms with van der Waals surface area (Å²) < 4.78 is 7.95. The zero-order chi connectivity index (χ0) is 17.7. The molecule has 7 heteroatoms. The third-order valence-electron chi connectivity index (χ3n) is 4.59. The Morgan fingerprint density at radius 1 is 1.36 bits per heavy atom. The number of benzene rings is 1. The number of morpholine rings is 1. The van der Waals surface area contributed by atoms with Crippen molar-refractivity contribution < 1.29 is 9.53 Å². The largest absolute Gasteiger partial charge is 0.367 e. The number of carbonyl (C=O) groups is 1. The number of nitrogens with zero attached hydrogens (tertiary/aromatic N) is 4. The van der Waals surface area contributed by atoms with Crippen LogP contribution >= 0.6 is 0 Å². The molecule has 1 aromatic heterocycles. The summed E-state index contributed by atoms with van der Waals surface area (Å²) in [6.45, 7) is 6.95. The summed E-state index contributed by atoms with van der Waals surface area (Å²) in [4.78, 5) is 14.3. The van der Waals surface area contributed by atoms with Crippen molar-refractivity contribution in [2.24, 2.45) is 0 Å². The van der Waals surface area contributed by atoms with Crippen molar-refractivity contribution in [3.8, 4) is 0 Å². The van der Waals surface area contributed by atoms with Gasteiger partial charge in [0.25, 0.3) is 0 Å². The van der Waals surface area contributed by atoms with Gasteiger partial charge in [0.15, 0.2) is 0 Å². The Hall–Kier alpha value is -2.41. The van der Waals surface area contributed by atoms with Crippen molar-refractivity contribution in [2.75, 3.05) is 26.2 Å². The summed E-state index contributed by atoms with van der Waals surface area (Å²) in [6, 6.07) is 9.99. The topological polar surface area (TPSA) is 72.3 Å². The van der Waals surface area contributed by atoms with E-state index >= 15 is 0 Å². The van der Waals surface area contributed by atoms with Crippen molar-refractivity contribution in [3.05, 3.63) is 48.0 Å². The molecule has 7 nitrogen and oxygen atoms in total. The fraction of sp³-hybridized carbons (Fsp3) is 0.500. The molecular weight excluding hydrogens is 318 g/mol. The van der Waals surface area contributed by atoms with Crippen molar-refractivity contribution in [3.63, 3.8) is 0 Å². The normalized spacial score (nSPS) is 20.5. The van der Waals surface area contributed by atoms with Gasteiger partial charge in [-0.25, -0.2) is 4.79 Å². The Bertz CT molecular complexity index is 703. The monoisotopic (exact) mass is 343 g/mol. The molecule has 1 aliphatic heterocycles. The lowest BCUT2D eigenvalue weighted by molar-refractivity contribution is -0.0906. The highest BCUT2D eigenvalue weighted by Crippen LogP contribution is 2.29. The maximum Gasteiger partial charge on any atom is 0.317 e. The van der Waals surface area contributed by atoms with Gasteiger partial charge >= 0.3 is 6.03 Å². The summed E-state index contributed by atoms with van der Waals surface area (Å²) in [7, 11) is 0. The Balaban J connectivity index is 1.55. The minimum Gasteiger partial charge on any atom is -0.367 e. The highest BCUT2D eigenvalue weighted by molar-refractivity contribution is 5.74. The second-order valence-corrected chi connectivity index (χ2v) is 6.39. The van der Waals surface area contributed by atoms with E-state index in [-0.39, 0.29) is 6.03 Å². The van der Waals surface area contributed by atoms with Crippen molar-refractivity contribution >= 4 is 6.03 Å². The molecule has 1 aromatic carbocycles. The van der Waals surface area contributed by atoms with Gasteiger partial charge in [0, 0.05) is 26.1 Å². The van der Waals surface area contributed by atoms with Gasteiger partial charge in [-0.2, -0.15) is 0 Å². The number of hydrogen-bond acceptors (Lipinski definition) is 4. The smallest absolute Gasteiger partial charge is 0.317 e. The summed E-state index contributed by atoms with van der Waals surface area (Å²) in [6.07, 6.45) is 2.53. The zero-order valence-corrected chi connectivity index (χ0v) is 14.8. The molecule has 1 N–H and O–H groups in total. The number of carbonyl (C=O) groups excluding carboxylic acids is 1. The number of amides is 2. The fourth-order valence-corrected chi connectivity index (χ4v) is 3.14. The lowest BCUT2D eigenvalue weighted by atomic mass is 9.94. The molecule has 134 valence electrons. The van der Waals surface area contributed by atoms with Crippen LogP contribution < -0.4 is 5.32 Å². The molecule has 2 aromatic rings. The van der Waals surface area contributed by atoms with Crippen LogP contribution in [-0.4, -0.2) is 51.9 Å². The van der Waals surface area contributed by atoms with Crippen LogP contribution in [0.4, 0.5) is 4.79 Å². The van der Waals surface area contributed by atoms with E-state index in [1.54, 1.807) is 6.33 Å². The molecule has 2 heterocycles. The van der Waals surface area contributed by atoms with Crippen LogP contribution in [0.3, 0.4) is 0 Å². The van der Waals surface area contributed by atoms with Gasteiger partial charge in [0.05, 0.1) is 13.2 Å². The molecule has 1 fully saturated rings. The molecule has 2 amide bonds. The Morgan fingerprint density at radius 3 is 2.92 bits per heavy atom. The van der Waals surface area contributed by atoms with E-state index in [4.69, 9.17) is 4.74 Å². The second kappa shape index (κ2) is 7.65. The highest BCUT2D eigenvalue weighted by atomic mass is 16.5. The van der Waals surface area contributed by atoms with Crippen molar-refractivity contribution in [2.45, 2.75) is 32.4 Å². The molecular formula is C18H25N5O2. The molecule has 1 atom stereocenters. The van der Waals surface area contributed by atoms with Crippen LogP contribution in [0, 0.1) is 0 Å². The first-order valence-electron chi connectivity index (χ1n) is 8.71. The molecule has 0 bridgehead atoms. The molecule has 0 radical (unpaired) electrons. The summed E-state index contributed by atoms with van der Waals surface area (Å²) in [5, 5.41) is 10.9. The second-order valence-electron chi connectivity index (χ2n) is 6.39. The van der Waals surface area contributed by atoms with E-state index in [0.29, 0.717) is 32.8 Å². The van der Waals surface area contributed by atoms with Crippen LogP contribution in [-0.2, 0) is 23.3 Å². The highest BCUT2D eigenvalue weighted by Gasteiger charge is 2.35. The van der Waals surface area contributed by atoms with Crippen molar-refractivity contribution in [1.82, 2.24) is 25.0 Å². The molecule has 1 saturated heterocycles.